The van der Waals surface area contributed by atoms with Gasteiger partial charge in [-0.1, -0.05) is 31.4 Å². The van der Waals surface area contributed by atoms with Gasteiger partial charge in [0, 0.05) is 64.3 Å². The number of aromatic nitrogens is 2. The summed E-state index contributed by atoms with van der Waals surface area (Å²) in [6.45, 7) is 3.70. The number of thiocarbonyl (C=S) groups is 1. The average Bonchev–Trinajstić information content (AvgIpc) is 3.42. The van der Waals surface area contributed by atoms with Crippen molar-refractivity contribution in [3.63, 3.8) is 0 Å². The van der Waals surface area contributed by atoms with Crippen LogP contribution in [0.15, 0.2) is 36.8 Å². The van der Waals surface area contributed by atoms with Gasteiger partial charge in [0.05, 0.1) is 20.0 Å². The topological polar surface area (TPSA) is 107 Å². The highest BCUT2D eigenvalue weighted by Crippen LogP contribution is 2.42. The molecule has 0 spiro atoms. The number of piperidine rings is 1. The number of nitrogens with one attached hydrogen (secondary N) is 2. The van der Waals surface area contributed by atoms with Crippen molar-refractivity contribution in [3.8, 4) is 5.75 Å². The number of aryl methyl sites for hydroxylation is 1. The number of hydrogen-bond acceptors (Lipinski definition) is 7. The van der Waals surface area contributed by atoms with Crippen LogP contribution in [-0.2, 0) is 34.2 Å². The van der Waals surface area contributed by atoms with Crippen LogP contribution in [0.5, 0.6) is 5.75 Å². The SMILES string of the molecule is CCOC(=O)OC1(C2CCCCC2)CCN(C(=O)[C@@H](Cc2ccc(OC)cc2)NC(=S)NCCc2cncn2C)CC1. The minimum atomic E-state index is -0.607. The molecule has 1 saturated heterocycles. The second kappa shape index (κ2) is 15.2. The van der Waals surface area contributed by atoms with E-state index in [0.29, 0.717) is 44.0 Å². The Morgan fingerprint density at radius 1 is 1.14 bits per heavy atom. The summed E-state index contributed by atoms with van der Waals surface area (Å²) in [5.41, 5.74) is 1.50. The van der Waals surface area contributed by atoms with Crippen LogP contribution in [0.2, 0.25) is 0 Å². The molecular formula is C31H45N5O5S. The zero-order valence-electron chi connectivity index (χ0n) is 25.1. The molecule has 0 unspecified atom stereocenters. The predicted molar refractivity (Wildman–Crippen MR) is 164 cm³/mol. The molecule has 1 aromatic heterocycles. The molecule has 2 aliphatic rings. The first-order chi connectivity index (χ1) is 20.3. The summed E-state index contributed by atoms with van der Waals surface area (Å²) < 4.78 is 18.5. The minimum Gasteiger partial charge on any atom is -0.497 e. The van der Waals surface area contributed by atoms with Crippen molar-refractivity contribution in [2.24, 2.45) is 13.0 Å². The summed E-state index contributed by atoms with van der Waals surface area (Å²) in [6, 6.07) is 7.18. The van der Waals surface area contributed by atoms with Crippen molar-refractivity contribution in [1.82, 2.24) is 25.1 Å². The molecule has 1 saturated carbocycles. The number of nitrogens with zero attached hydrogens (tertiary/aromatic N) is 3. The third-order valence-corrected chi connectivity index (χ3v) is 8.87. The molecule has 2 N–H and O–H groups in total. The van der Waals surface area contributed by atoms with Gasteiger partial charge in [-0.15, -0.1) is 0 Å². The Kier molecular flexibility index (Phi) is 11.5. The van der Waals surface area contributed by atoms with E-state index in [1.165, 1.54) is 6.42 Å². The second-order valence-electron chi connectivity index (χ2n) is 11.3. The maximum atomic E-state index is 14.0. The van der Waals surface area contributed by atoms with Gasteiger partial charge in [-0.3, -0.25) is 4.79 Å². The molecule has 0 bridgehead atoms. The number of carbonyl (C=O) groups excluding carboxylic acids is 2. The highest BCUT2D eigenvalue weighted by Gasteiger charge is 2.46. The van der Waals surface area contributed by atoms with Gasteiger partial charge in [-0.05, 0) is 55.6 Å². The first-order valence-corrected chi connectivity index (χ1v) is 15.5. The lowest BCUT2D eigenvalue weighted by molar-refractivity contribution is -0.142. The van der Waals surface area contributed by atoms with Crippen LogP contribution in [0.1, 0.15) is 63.1 Å². The summed E-state index contributed by atoms with van der Waals surface area (Å²) >= 11 is 5.62. The molecule has 2 aromatic rings. The average molecular weight is 600 g/mol. The Balaban J connectivity index is 1.43. The maximum absolute atomic E-state index is 14.0. The van der Waals surface area contributed by atoms with Crippen LogP contribution in [-0.4, -0.2) is 76.6 Å². The highest BCUT2D eigenvalue weighted by molar-refractivity contribution is 7.80. The number of hydrogen-bond donors (Lipinski definition) is 2. The number of methoxy groups -OCH3 is 1. The smallest absolute Gasteiger partial charge is 0.497 e. The van der Waals surface area contributed by atoms with E-state index < -0.39 is 17.8 Å². The maximum Gasteiger partial charge on any atom is 0.508 e. The summed E-state index contributed by atoms with van der Waals surface area (Å²) in [7, 11) is 3.59. The molecule has 1 aromatic carbocycles. The van der Waals surface area contributed by atoms with Crippen LogP contribution >= 0.6 is 12.2 Å². The number of carbonyl (C=O) groups is 2. The molecule has 1 aliphatic heterocycles. The van der Waals surface area contributed by atoms with Crippen molar-refractivity contribution in [2.75, 3.05) is 33.4 Å². The first-order valence-electron chi connectivity index (χ1n) is 15.1. The molecule has 42 heavy (non-hydrogen) atoms. The number of amides is 1. The molecule has 1 atom stereocenters. The summed E-state index contributed by atoms with van der Waals surface area (Å²) in [6.07, 6.45) is 11.0. The Hall–Kier alpha value is -3.34. The summed E-state index contributed by atoms with van der Waals surface area (Å²) in [5, 5.41) is 6.97. The van der Waals surface area contributed by atoms with E-state index in [9.17, 15) is 9.59 Å². The van der Waals surface area contributed by atoms with Gasteiger partial charge in [-0.25, -0.2) is 9.78 Å². The Morgan fingerprint density at radius 2 is 1.86 bits per heavy atom. The molecule has 2 fully saturated rings. The van der Waals surface area contributed by atoms with E-state index in [2.05, 4.69) is 15.6 Å². The molecule has 1 amide bonds. The second-order valence-corrected chi connectivity index (χ2v) is 11.7. The van der Waals surface area contributed by atoms with Crippen LogP contribution in [0, 0.1) is 5.92 Å². The zero-order valence-corrected chi connectivity index (χ0v) is 25.9. The van der Waals surface area contributed by atoms with E-state index in [0.717, 1.165) is 49.1 Å². The predicted octanol–water partition coefficient (Wildman–Crippen LogP) is 4.16. The van der Waals surface area contributed by atoms with Gasteiger partial charge in [0.2, 0.25) is 5.91 Å². The molecule has 0 radical (unpaired) electrons. The summed E-state index contributed by atoms with van der Waals surface area (Å²) in [4.78, 5) is 32.5. The largest absolute Gasteiger partial charge is 0.508 e. The fourth-order valence-electron chi connectivity index (χ4n) is 6.20. The third-order valence-electron chi connectivity index (χ3n) is 8.60. The van der Waals surface area contributed by atoms with E-state index >= 15 is 0 Å². The van der Waals surface area contributed by atoms with Gasteiger partial charge in [0.15, 0.2) is 5.11 Å². The van der Waals surface area contributed by atoms with Crippen molar-refractivity contribution in [2.45, 2.75) is 76.4 Å². The van der Waals surface area contributed by atoms with Crippen molar-refractivity contribution in [1.29, 1.82) is 0 Å². The minimum absolute atomic E-state index is 0.0185. The number of benzene rings is 1. The number of ether oxygens (including phenoxy) is 3. The fraction of sp³-hybridized carbons (Fsp3) is 0.613. The lowest BCUT2D eigenvalue weighted by atomic mass is 9.72. The van der Waals surface area contributed by atoms with Crippen LogP contribution in [0.3, 0.4) is 0 Å². The Labute approximate surface area is 254 Å². The van der Waals surface area contributed by atoms with Gasteiger partial charge in [-0.2, -0.15) is 0 Å². The van der Waals surface area contributed by atoms with Crippen LogP contribution < -0.4 is 15.4 Å². The van der Waals surface area contributed by atoms with Crippen molar-refractivity contribution < 1.29 is 23.8 Å². The molecule has 4 rings (SSSR count). The third kappa shape index (κ3) is 8.36. The standard InChI is InChI=1S/C31H45N5O5S/c1-4-40-30(38)41-31(24-8-6-5-7-9-24)15-18-36(19-16-31)28(37)27(20-23-10-12-26(39-3)13-11-23)34-29(42)33-17-14-25-21-32-22-35(25)2/h10-13,21-22,24,27H,4-9,14-20H2,1-3H3,(H2,33,34,42)/t27-/m1/s1. The number of likely N-dealkylation sites (tertiary alicyclic amines) is 1. The molecular weight excluding hydrogens is 554 g/mol. The van der Waals surface area contributed by atoms with Crippen LogP contribution in [0.4, 0.5) is 4.79 Å². The van der Waals surface area contributed by atoms with Gasteiger partial charge < -0.3 is 34.3 Å². The Morgan fingerprint density at radius 3 is 2.48 bits per heavy atom. The molecule has 10 nitrogen and oxygen atoms in total. The van der Waals surface area contributed by atoms with E-state index in [1.807, 2.05) is 47.0 Å². The molecule has 230 valence electrons. The monoisotopic (exact) mass is 599 g/mol. The lowest BCUT2D eigenvalue weighted by Gasteiger charge is -2.47. The van der Waals surface area contributed by atoms with E-state index in [1.54, 1.807) is 20.4 Å². The first kappa shape index (κ1) is 31.6. The van der Waals surface area contributed by atoms with E-state index in [4.69, 9.17) is 26.4 Å². The quantitative estimate of drug-likeness (QED) is 0.291. The van der Waals surface area contributed by atoms with Crippen molar-refractivity contribution >= 4 is 29.4 Å². The van der Waals surface area contributed by atoms with Gasteiger partial charge in [0.25, 0.3) is 0 Å². The Bertz CT molecular complexity index is 1170. The van der Waals surface area contributed by atoms with Gasteiger partial charge >= 0.3 is 6.16 Å². The van der Waals surface area contributed by atoms with Crippen LogP contribution in [0.25, 0.3) is 0 Å². The normalized spacial score (nSPS) is 17.6. The molecule has 2 heterocycles. The number of rotatable bonds is 11. The van der Waals surface area contributed by atoms with Gasteiger partial charge in [0.1, 0.15) is 17.4 Å². The zero-order chi connectivity index (χ0) is 30.0. The fourth-order valence-corrected chi connectivity index (χ4v) is 6.44. The summed E-state index contributed by atoms with van der Waals surface area (Å²) in [5.74, 6) is 1.03. The molecule has 11 heteroatoms. The highest BCUT2D eigenvalue weighted by atomic mass is 32.1. The van der Waals surface area contributed by atoms with E-state index in [-0.39, 0.29) is 18.4 Å². The molecule has 1 aliphatic carbocycles. The number of imidazole rings is 1. The lowest BCUT2D eigenvalue weighted by Crippen LogP contribution is -2.57. The van der Waals surface area contributed by atoms with Crippen molar-refractivity contribution in [3.05, 3.63) is 48.0 Å².